The van der Waals surface area contributed by atoms with E-state index >= 15 is 0 Å². The molecule has 0 bridgehead atoms. The molecule has 0 radical (unpaired) electrons. The van der Waals surface area contributed by atoms with Crippen LogP contribution in [0.25, 0.3) is 0 Å². The molecule has 26 heavy (non-hydrogen) atoms. The molecule has 8 heteroatoms. The van der Waals surface area contributed by atoms with Crippen molar-refractivity contribution in [1.82, 2.24) is 10.0 Å². The number of nitrogens with two attached hydrogens (primary N) is 2. The second-order valence-corrected chi connectivity index (χ2v) is 5.93. The molecule has 0 atom stereocenters. The monoisotopic (exact) mass is 362 g/mol. The van der Waals surface area contributed by atoms with Crippen LogP contribution in [0, 0.1) is 0 Å². The van der Waals surface area contributed by atoms with Gasteiger partial charge in [-0.1, -0.05) is 57.2 Å². The van der Waals surface area contributed by atoms with E-state index < -0.39 is 23.6 Å². The van der Waals surface area contributed by atoms with E-state index in [0.717, 1.165) is 32.1 Å². The lowest BCUT2D eigenvalue weighted by Crippen LogP contribution is -2.54. The summed E-state index contributed by atoms with van der Waals surface area (Å²) in [5, 5.41) is 0.391. The minimum atomic E-state index is -1.36. The maximum Gasteiger partial charge on any atom is 0.335 e. The number of hydrogen-bond acceptors (Lipinski definition) is 6. The quantitative estimate of drug-likeness (QED) is 0.237. The Kier molecular flexibility index (Phi) is 9.18. The van der Waals surface area contributed by atoms with Gasteiger partial charge in [-0.25, -0.2) is 21.7 Å². The average molecular weight is 362 g/mol. The normalized spacial score (nSPS) is 10.3. The summed E-state index contributed by atoms with van der Waals surface area (Å²) < 4.78 is 0. The van der Waals surface area contributed by atoms with Crippen LogP contribution >= 0.6 is 0 Å². The molecule has 1 aromatic carbocycles. The Balaban J connectivity index is 2.51. The van der Waals surface area contributed by atoms with Gasteiger partial charge in [-0.3, -0.25) is 19.2 Å². The van der Waals surface area contributed by atoms with Gasteiger partial charge in [0.25, 0.3) is 5.91 Å². The number of hydrazine groups is 2. The second kappa shape index (κ2) is 11.1. The van der Waals surface area contributed by atoms with Crippen LogP contribution in [-0.4, -0.2) is 33.6 Å². The van der Waals surface area contributed by atoms with Crippen molar-refractivity contribution in [2.24, 2.45) is 11.7 Å². The summed E-state index contributed by atoms with van der Waals surface area (Å²) in [6.45, 7) is 2.11. The molecule has 142 valence electrons. The fourth-order valence-electron chi connectivity index (χ4n) is 2.31. The summed E-state index contributed by atoms with van der Waals surface area (Å²) in [7, 11) is 0. The lowest BCUT2D eigenvalue weighted by molar-refractivity contribution is -0.156. The molecule has 8 nitrogen and oxygen atoms in total. The number of hydrogen-bond donors (Lipinski definition) is 2. The van der Waals surface area contributed by atoms with Gasteiger partial charge in [0.2, 0.25) is 5.91 Å². The molecule has 4 amide bonds. The summed E-state index contributed by atoms with van der Waals surface area (Å²) in [6.07, 6.45) is 5.84. The van der Waals surface area contributed by atoms with Gasteiger partial charge in [0, 0.05) is 12.0 Å². The first-order valence-electron chi connectivity index (χ1n) is 8.70. The van der Waals surface area contributed by atoms with E-state index in [1.165, 1.54) is 12.1 Å². The average Bonchev–Trinajstić information content (AvgIpc) is 2.68. The number of benzene rings is 1. The van der Waals surface area contributed by atoms with Gasteiger partial charge in [0.15, 0.2) is 0 Å². The Morgan fingerprint density at radius 1 is 0.808 bits per heavy atom. The molecule has 0 aliphatic heterocycles. The molecule has 0 unspecified atom stereocenters. The largest absolute Gasteiger partial charge is 0.335 e. The van der Waals surface area contributed by atoms with E-state index in [0.29, 0.717) is 6.42 Å². The number of unbranched alkanes of at least 4 members (excludes halogenated alkanes) is 5. The van der Waals surface area contributed by atoms with Gasteiger partial charge in [-0.2, -0.15) is 0 Å². The Morgan fingerprint density at radius 2 is 1.35 bits per heavy atom. The van der Waals surface area contributed by atoms with Crippen molar-refractivity contribution in [2.45, 2.75) is 51.9 Å². The number of carbonyl (C=O) groups is 4. The summed E-state index contributed by atoms with van der Waals surface area (Å²) in [5.74, 6) is 6.60. The summed E-state index contributed by atoms with van der Waals surface area (Å²) in [5.41, 5.74) is 0.137. The number of nitrogens with zero attached hydrogens (tertiary/aromatic N) is 2. The van der Waals surface area contributed by atoms with Crippen LogP contribution in [0.3, 0.4) is 0 Å². The molecule has 0 aliphatic rings. The SMILES string of the molecule is CCCCCCCCC(=O)N(N)C(=O)C(=O)N(N)C(=O)c1ccccc1. The smallest absolute Gasteiger partial charge is 0.273 e. The van der Waals surface area contributed by atoms with E-state index in [1.54, 1.807) is 18.2 Å². The zero-order chi connectivity index (χ0) is 19.5. The molecule has 4 N–H and O–H groups in total. The maximum atomic E-state index is 12.1. The first-order valence-corrected chi connectivity index (χ1v) is 8.70. The van der Waals surface area contributed by atoms with Gasteiger partial charge in [0.05, 0.1) is 0 Å². The number of carbonyl (C=O) groups excluding carboxylic acids is 4. The Hall–Kier alpha value is -2.58. The van der Waals surface area contributed by atoms with Gasteiger partial charge >= 0.3 is 11.8 Å². The van der Waals surface area contributed by atoms with Gasteiger partial charge in [-0.05, 0) is 18.6 Å². The predicted molar refractivity (Wildman–Crippen MR) is 95.8 cm³/mol. The van der Waals surface area contributed by atoms with Crippen LogP contribution < -0.4 is 11.7 Å². The Labute approximate surface area is 153 Å². The van der Waals surface area contributed by atoms with E-state index in [2.05, 4.69) is 6.92 Å². The molecule has 0 saturated carbocycles. The summed E-state index contributed by atoms with van der Waals surface area (Å²) in [4.78, 5) is 48.0. The van der Waals surface area contributed by atoms with E-state index in [9.17, 15) is 19.2 Å². The minimum absolute atomic E-state index is 0.0544. The van der Waals surface area contributed by atoms with E-state index in [4.69, 9.17) is 11.7 Å². The number of rotatable bonds is 8. The number of amides is 4. The molecular weight excluding hydrogens is 336 g/mol. The molecule has 1 rings (SSSR count). The lowest BCUT2D eigenvalue weighted by atomic mass is 10.1. The van der Waals surface area contributed by atoms with Crippen LogP contribution in [0.4, 0.5) is 0 Å². The van der Waals surface area contributed by atoms with Gasteiger partial charge in [-0.15, -0.1) is 0 Å². The van der Waals surface area contributed by atoms with Crippen molar-refractivity contribution >= 4 is 23.6 Å². The van der Waals surface area contributed by atoms with Crippen molar-refractivity contribution in [1.29, 1.82) is 0 Å². The predicted octanol–water partition coefficient (Wildman–Crippen LogP) is 1.51. The van der Waals surface area contributed by atoms with Crippen molar-refractivity contribution in [3.05, 3.63) is 35.9 Å². The first kappa shape index (κ1) is 21.5. The standard InChI is InChI=1S/C18H26N4O4/c1-2-3-4-5-6-10-13-15(23)21(19)17(25)18(26)22(20)16(24)14-11-8-7-9-12-14/h7-9,11-12H,2-6,10,13,19-20H2,1H3. The molecule has 1 aromatic rings. The van der Waals surface area contributed by atoms with Crippen molar-refractivity contribution in [2.75, 3.05) is 0 Å². The summed E-state index contributed by atoms with van der Waals surface area (Å²) >= 11 is 0. The third kappa shape index (κ3) is 6.38. The molecule has 0 spiro atoms. The van der Waals surface area contributed by atoms with E-state index in [-0.39, 0.29) is 22.0 Å². The highest BCUT2D eigenvalue weighted by atomic mass is 16.2. The molecule has 0 saturated heterocycles. The Bertz CT molecular complexity index is 633. The van der Waals surface area contributed by atoms with Crippen LogP contribution in [0.15, 0.2) is 30.3 Å². The minimum Gasteiger partial charge on any atom is -0.273 e. The van der Waals surface area contributed by atoms with E-state index in [1.807, 2.05) is 0 Å². The third-order valence-electron chi connectivity index (χ3n) is 3.87. The van der Waals surface area contributed by atoms with Crippen LogP contribution in [0.2, 0.25) is 0 Å². The van der Waals surface area contributed by atoms with Crippen molar-refractivity contribution in [3.63, 3.8) is 0 Å². The second-order valence-electron chi connectivity index (χ2n) is 5.93. The third-order valence-corrected chi connectivity index (χ3v) is 3.87. The molecule has 0 fully saturated rings. The van der Waals surface area contributed by atoms with Gasteiger partial charge in [0.1, 0.15) is 0 Å². The van der Waals surface area contributed by atoms with Crippen molar-refractivity contribution in [3.8, 4) is 0 Å². The highest BCUT2D eigenvalue weighted by Crippen LogP contribution is 2.08. The zero-order valence-corrected chi connectivity index (χ0v) is 15.0. The highest BCUT2D eigenvalue weighted by molar-refractivity contribution is 6.40. The van der Waals surface area contributed by atoms with Crippen LogP contribution in [0.5, 0.6) is 0 Å². The topological polar surface area (TPSA) is 127 Å². The maximum absolute atomic E-state index is 12.1. The summed E-state index contributed by atoms with van der Waals surface area (Å²) in [6, 6.07) is 7.76. The fourth-order valence-corrected chi connectivity index (χ4v) is 2.31. The lowest BCUT2D eigenvalue weighted by Gasteiger charge is -2.18. The zero-order valence-electron chi connectivity index (χ0n) is 15.0. The Morgan fingerprint density at radius 3 is 1.96 bits per heavy atom. The molecule has 0 aliphatic carbocycles. The van der Waals surface area contributed by atoms with Crippen LogP contribution in [0.1, 0.15) is 62.2 Å². The van der Waals surface area contributed by atoms with Crippen LogP contribution in [-0.2, 0) is 14.4 Å². The molecular formula is C18H26N4O4. The first-order chi connectivity index (χ1) is 12.4. The molecule has 0 heterocycles. The molecule has 0 aromatic heterocycles. The van der Waals surface area contributed by atoms with Crippen molar-refractivity contribution < 1.29 is 19.2 Å². The fraction of sp³-hybridized carbons (Fsp3) is 0.444. The number of imide groups is 2. The highest BCUT2D eigenvalue weighted by Gasteiger charge is 2.31. The van der Waals surface area contributed by atoms with Gasteiger partial charge < -0.3 is 0 Å².